The Hall–Kier alpha value is -1.68. The summed E-state index contributed by atoms with van der Waals surface area (Å²) in [6.07, 6.45) is 7.95. The molecule has 2 heterocycles. The third-order valence-electron chi connectivity index (χ3n) is 3.14. The first kappa shape index (κ1) is 12.4. The highest BCUT2D eigenvalue weighted by Crippen LogP contribution is 2.22. The first-order chi connectivity index (χ1) is 9.28. The Morgan fingerprint density at radius 3 is 2.63 bits per heavy atom. The van der Waals surface area contributed by atoms with Gasteiger partial charge in [0.1, 0.15) is 0 Å². The zero-order valence-corrected chi connectivity index (χ0v) is 12.3. The number of hydrogen-bond acceptors (Lipinski definition) is 2. The van der Waals surface area contributed by atoms with E-state index in [-0.39, 0.29) is 0 Å². The van der Waals surface area contributed by atoms with Crippen LogP contribution < -0.4 is 0 Å². The number of aryl methyl sites for hydroxylation is 1. The van der Waals surface area contributed by atoms with Crippen molar-refractivity contribution in [2.75, 3.05) is 0 Å². The average Bonchev–Trinajstić information content (AvgIpc) is 2.81. The van der Waals surface area contributed by atoms with Crippen LogP contribution in [0.4, 0.5) is 0 Å². The third-order valence-corrected chi connectivity index (χ3v) is 3.70. The molecule has 0 unspecified atom stereocenters. The summed E-state index contributed by atoms with van der Waals surface area (Å²) < 4.78 is 2.71. The number of hydrogen-bond donors (Lipinski definition) is 0. The number of fused-ring (bicyclic) bond motifs is 1. The van der Waals surface area contributed by atoms with Crippen LogP contribution in [-0.4, -0.2) is 14.6 Å². The summed E-state index contributed by atoms with van der Waals surface area (Å²) in [5.74, 6) is 0. The highest BCUT2D eigenvalue weighted by Gasteiger charge is 2.05. The fourth-order valence-corrected chi connectivity index (χ4v) is 2.52. The summed E-state index contributed by atoms with van der Waals surface area (Å²) in [6.45, 7) is 2.20. The molecule has 0 saturated carbocycles. The maximum Gasteiger partial charge on any atom is 0.169 e. The minimum absolute atomic E-state index is 0.839. The Balaban J connectivity index is 1.98. The first-order valence-corrected chi connectivity index (χ1v) is 7.15. The van der Waals surface area contributed by atoms with Crippen LogP contribution >= 0.6 is 15.9 Å². The fraction of sp³-hybridized carbons (Fsp3) is 0.200. The van der Waals surface area contributed by atoms with Crippen LogP contribution in [0.25, 0.3) is 16.8 Å². The molecular formula is C15H14BrN3. The fourth-order valence-electron chi connectivity index (χ4n) is 2.15. The van der Waals surface area contributed by atoms with Crippen LogP contribution in [0.5, 0.6) is 0 Å². The van der Waals surface area contributed by atoms with E-state index in [1.165, 1.54) is 17.5 Å². The third kappa shape index (κ3) is 2.40. The van der Waals surface area contributed by atoms with E-state index in [1.807, 2.05) is 12.4 Å². The van der Waals surface area contributed by atoms with Crippen molar-refractivity contribution in [2.45, 2.75) is 19.8 Å². The Labute approximate surface area is 120 Å². The van der Waals surface area contributed by atoms with Crippen LogP contribution in [-0.2, 0) is 6.42 Å². The molecule has 1 aromatic carbocycles. The lowest BCUT2D eigenvalue weighted by atomic mass is 10.0. The van der Waals surface area contributed by atoms with Gasteiger partial charge in [-0.3, -0.25) is 0 Å². The Morgan fingerprint density at radius 1 is 1.11 bits per heavy atom. The first-order valence-electron chi connectivity index (χ1n) is 6.36. The molecule has 0 atom stereocenters. The maximum absolute atomic E-state index is 4.43. The molecule has 0 bridgehead atoms. The van der Waals surface area contributed by atoms with E-state index in [0.717, 1.165) is 22.1 Å². The largest absolute Gasteiger partial charge is 0.235 e. The second-order valence-electron chi connectivity index (χ2n) is 4.55. The molecule has 19 heavy (non-hydrogen) atoms. The Kier molecular flexibility index (Phi) is 3.34. The summed E-state index contributed by atoms with van der Waals surface area (Å²) >= 11 is 3.43. The van der Waals surface area contributed by atoms with E-state index in [4.69, 9.17) is 0 Å². The molecular weight excluding hydrogens is 302 g/mol. The van der Waals surface area contributed by atoms with Crippen molar-refractivity contribution in [3.05, 3.63) is 52.9 Å². The number of benzene rings is 1. The van der Waals surface area contributed by atoms with Gasteiger partial charge in [-0.1, -0.05) is 37.6 Å². The topological polar surface area (TPSA) is 30.2 Å². The van der Waals surface area contributed by atoms with Crippen molar-refractivity contribution in [3.8, 4) is 11.1 Å². The highest BCUT2D eigenvalue weighted by molar-refractivity contribution is 9.10. The van der Waals surface area contributed by atoms with Gasteiger partial charge in [0, 0.05) is 18.0 Å². The molecule has 96 valence electrons. The normalized spacial score (nSPS) is 11.1. The van der Waals surface area contributed by atoms with Crippen molar-refractivity contribution in [3.63, 3.8) is 0 Å². The molecule has 2 aromatic heterocycles. The van der Waals surface area contributed by atoms with E-state index in [0.29, 0.717) is 0 Å². The van der Waals surface area contributed by atoms with E-state index in [1.54, 1.807) is 10.7 Å². The SMILES string of the molecule is CCCc1ccc(-c2cnc3c(Br)cnn3c2)cc1. The Bertz CT molecular complexity index is 701. The number of halogens is 1. The lowest BCUT2D eigenvalue weighted by Gasteiger charge is -2.04. The van der Waals surface area contributed by atoms with Crippen LogP contribution in [0.1, 0.15) is 18.9 Å². The molecule has 0 fully saturated rings. The summed E-state index contributed by atoms with van der Waals surface area (Å²) in [6, 6.07) is 8.66. The second kappa shape index (κ2) is 5.13. The standard InChI is InChI=1S/C15H14BrN3/c1-2-3-11-4-6-12(7-5-11)13-8-17-15-14(16)9-18-19(15)10-13/h4-10H,2-3H2,1H3. The van der Waals surface area contributed by atoms with Gasteiger partial charge in [-0.25, -0.2) is 9.50 Å². The summed E-state index contributed by atoms with van der Waals surface area (Å²) in [7, 11) is 0. The minimum atomic E-state index is 0.839. The van der Waals surface area contributed by atoms with Gasteiger partial charge in [0.25, 0.3) is 0 Å². The van der Waals surface area contributed by atoms with Gasteiger partial charge in [0.2, 0.25) is 0 Å². The molecule has 3 aromatic rings. The predicted molar refractivity (Wildman–Crippen MR) is 80.1 cm³/mol. The molecule has 0 radical (unpaired) electrons. The van der Waals surface area contributed by atoms with E-state index < -0.39 is 0 Å². The van der Waals surface area contributed by atoms with E-state index >= 15 is 0 Å². The summed E-state index contributed by atoms with van der Waals surface area (Å²) in [5, 5.41) is 4.26. The number of nitrogens with zero attached hydrogens (tertiary/aromatic N) is 3. The molecule has 3 rings (SSSR count). The zero-order chi connectivity index (χ0) is 13.2. The number of rotatable bonds is 3. The van der Waals surface area contributed by atoms with Crippen molar-refractivity contribution >= 4 is 21.6 Å². The second-order valence-corrected chi connectivity index (χ2v) is 5.40. The highest BCUT2D eigenvalue weighted by atomic mass is 79.9. The van der Waals surface area contributed by atoms with Crippen LogP contribution in [0, 0.1) is 0 Å². The lowest BCUT2D eigenvalue weighted by molar-refractivity contribution is 0.921. The molecule has 0 spiro atoms. The van der Waals surface area contributed by atoms with Gasteiger partial charge in [0.05, 0.1) is 10.7 Å². The number of aromatic nitrogens is 3. The summed E-state index contributed by atoms with van der Waals surface area (Å²) in [4.78, 5) is 4.43. The zero-order valence-electron chi connectivity index (χ0n) is 10.7. The van der Waals surface area contributed by atoms with E-state index in [2.05, 4.69) is 57.2 Å². The monoisotopic (exact) mass is 315 g/mol. The van der Waals surface area contributed by atoms with Gasteiger partial charge in [-0.15, -0.1) is 0 Å². The smallest absolute Gasteiger partial charge is 0.169 e. The molecule has 4 heteroatoms. The van der Waals surface area contributed by atoms with Gasteiger partial charge in [-0.2, -0.15) is 5.10 Å². The molecule has 3 nitrogen and oxygen atoms in total. The quantitative estimate of drug-likeness (QED) is 0.728. The lowest BCUT2D eigenvalue weighted by Crippen LogP contribution is -1.91. The predicted octanol–water partition coefficient (Wildman–Crippen LogP) is 4.11. The van der Waals surface area contributed by atoms with Gasteiger partial charge >= 0.3 is 0 Å². The van der Waals surface area contributed by atoms with Crippen molar-refractivity contribution in [1.29, 1.82) is 0 Å². The van der Waals surface area contributed by atoms with Crippen molar-refractivity contribution in [1.82, 2.24) is 14.6 Å². The van der Waals surface area contributed by atoms with Crippen molar-refractivity contribution in [2.24, 2.45) is 0 Å². The van der Waals surface area contributed by atoms with Crippen LogP contribution in [0.15, 0.2) is 47.3 Å². The van der Waals surface area contributed by atoms with Crippen molar-refractivity contribution < 1.29 is 0 Å². The molecule has 0 saturated heterocycles. The molecule has 0 aliphatic carbocycles. The maximum atomic E-state index is 4.43. The van der Waals surface area contributed by atoms with Gasteiger partial charge < -0.3 is 0 Å². The van der Waals surface area contributed by atoms with Gasteiger partial charge in [0.15, 0.2) is 5.65 Å². The minimum Gasteiger partial charge on any atom is -0.235 e. The molecule has 0 N–H and O–H groups in total. The Morgan fingerprint density at radius 2 is 1.89 bits per heavy atom. The molecule has 0 aliphatic heterocycles. The average molecular weight is 316 g/mol. The van der Waals surface area contributed by atoms with E-state index in [9.17, 15) is 0 Å². The van der Waals surface area contributed by atoms with Crippen LogP contribution in [0.3, 0.4) is 0 Å². The molecule has 0 amide bonds. The van der Waals surface area contributed by atoms with Gasteiger partial charge in [-0.05, 0) is 33.5 Å². The molecule has 0 aliphatic rings. The van der Waals surface area contributed by atoms with Crippen LogP contribution in [0.2, 0.25) is 0 Å². The summed E-state index contributed by atoms with van der Waals surface area (Å²) in [5.41, 5.74) is 4.46.